The summed E-state index contributed by atoms with van der Waals surface area (Å²) in [5, 5.41) is 5.45. The van der Waals surface area contributed by atoms with Crippen LogP contribution in [0.2, 0.25) is 5.02 Å². The third kappa shape index (κ3) is 2.75. The molecule has 1 aromatic rings. The number of rotatable bonds is 4. The Balaban J connectivity index is 2.31. The second kappa shape index (κ2) is 6.07. The van der Waals surface area contributed by atoms with Crippen LogP contribution in [0.3, 0.4) is 0 Å². The van der Waals surface area contributed by atoms with Crippen LogP contribution in [0.4, 0.5) is 0 Å². The molecule has 0 bridgehead atoms. The van der Waals surface area contributed by atoms with Crippen molar-refractivity contribution in [3.63, 3.8) is 0 Å². The monoisotopic (exact) mass is 297 g/mol. The second-order valence-electron chi connectivity index (χ2n) is 6.44. The molecule has 1 saturated carbocycles. The minimum absolute atomic E-state index is 0.140. The zero-order chi connectivity index (χ0) is 14.9. The molecule has 0 amide bonds. The van der Waals surface area contributed by atoms with Crippen molar-refractivity contribution in [3.05, 3.63) is 16.4 Å². The zero-order valence-corrected chi connectivity index (χ0v) is 14.0. The van der Waals surface area contributed by atoms with Gasteiger partial charge in [-0.2, -0.15) is 5.10 Å². The Hall–Kier alpha value is -0.540. The average Bonchev–Trinajstić information content (AvgIpc) is 2.72. The van der Waals surface area contributed by atoms with Crippen molar-refractivity contribution < 1.29 is 0 Å². The highest BCUT2D eigenvalue weighted by Crippen LogP contribution is 2.39. The molecule has 1 fully saturated rings. The third-order valence-corrected chi connectivity index (χ3v) is 5.69. The van der Waals surface area contributed by atoms with Gasteiger partial charge in [0.1, 0.15) is 0 Å². The summed E-state index contributed by atoms with van der Waals surface area (Å²) in [5.74, 6) is 1.22. The van der Waals surface area contributed by atoms with Crippen molar-refractivity contribution in [1.29, 1.82) is 0 Å². The Bertz CT molecular complexity index is 469. The van der Waals surface area contributed by atoms with E-state index in [2.05, 4.69) is 32.8 Å². The number of aryl methyl sites for hydroxylation is 2. The number of aromatic nitrogens is 2. The van der Waals surface area contributed by atoms with E-state index in [0.717, 1.165) is 42.2 Å². The molecule has 0 spiro atoms. The van der Waals surface area contributed by atoms with E-state index >= 15 is 0 Å². The molecular formula is C16H28ClN3. The van der Waals surface area contributed by atoms with Gasteiger partial charge in [-0.3, -0.25) is 4.68 Å². The van der Waals surface area contributed by atoms with E-state index in [0.29, 0.717) is 11.8 Å². The lowest BCUT2D eigenvalue weighted by Crippen LogP contribution is -2.52. The Morgan fingerprint density at radius 2 is 2.10 bits per heavy atom. The first kappa shape index (κ1) is 15.8. The van der Waals surface area contributed by atoms with Crippen molar-refractivity contribution in [3.8, 4) is 0 Å². The van der Waals surface area contributed by atoms with Crippen molar-refractivity contribution >= 4 is 11.6 Å². The predicted octanol–water partition coefficient (Wildman–Crippen LogP) is 3.81. The van der Waals surface area contributed by atoms with Crippen LogP contribution in [0.25, 0.3) is 0 Å². The molecule has 1 aliphatic rings. The van der Waals surface area contributed by atoms with E-state index in [1.807, 2.05) is 4.68 Å². The second-order valence-corrected chi connectivity index (χ2v) is 6.82. The molecule has 1 aliphatic carbocycles. The van der Waals surface area contributed by atoms with Crippen molar-refractivity contribution in [2.45, 2.75) is 71.9 Å². The van der Waals surface area contributed by atoms with Crippen LogP contribution in [0.15, 0.2) is 0 Å². The summed E-state index contributed by atoms with van der Waals surface area (Å²) in [4.78, 5) is 0. The highest BCUT2D eigenvalue weighted by atomic mass is 35.5. The smallest absolute Gasteiger partial charge is 0.0850 e. The van der Waals surface area contributed by atoms with Crippen LogP contribution in [0, 0.1) is 11.8 Å². The summed E-state index contributed by atoms with van der Waals surface area (Å²) in [5.41, 5.74) is 8.77. The van der Waals surface area contributed by atoms with Crippen LogP contribution < -0.4 is 5.73 Å². The Morgan fingerprint density at radius 3 is 2.70 bits per heavy atom. The molecule has 2 rings (SSSR count). The van der Waals surface area contributed by atoms with E-state index in [1.165, 1.54) is 12.8 Å². The summed E-state index contributed by atoms with van der Waals surface area (Å²) in [6, 6.07) is 0. The highest BCUT2D eigenvalue weighted by Gasteiger charge is 2.39. The minimum Gasteiger partial charge on any atom is -0.324 e. The lowest BCUT2D eigenvalue weighted by Gasteiger charge is -2.43. The van der Waals surface area contributed by atoms with Gasteiger partial charge in [0.05, 0.1) is 16.4 Å². The van der Waals surface area contributed by atoms with Gasteiger partial charge in [0, 0.05) is 18.5 Å². The molecule has 2 N–H and O–H groups in total. The summed E-state index contributed by atoms with van der Waals surface area (Å²) < 4.78 is 2.04. The molecule has 3 unspecified atom stereocenters. The summed E-state index contributed by atoms with van der Waals surface area (Å²) in [7, 11) is 0. The topological polar surface area (TPSA) is 43.8 Å². The van der Waals surface area contributed by atoms with E-state index in [9.17, 15) is 0 Å². The van der Waals surface area contributed by atoms with Gasteiger partial charge in [0.2, 0.25) is 0 Å². The SMILES string of the molecule is CCc1nn(CC)c(CC2(N)CCCC(C)C2C)c1Cl. The normalized spacial score (nSPS) is 30.7. The molecule has 0 aliphatic heterocycles. The maximum absolute atomic E-state index is 6.77. The first-order valence-electron chi connectivity index (χ1n) is 7.95. The van der Waals surface area contributed by atoms with Gasteiger partial charge in [0.15, 0.2) is 0 Å². The quantitative estimate of drug-likeness (QED) is 0.918. The van der Waals surface area contributed by atoms with E-state index < -0.39 is 0 Å². The molecule has 1 heterocycles. The van der Waals surface area contributed by atoms with Crippen LogP contribution in [-0.2, 0) is 19.4 Å². The maximum Gasteiger partial charge on any atom is 0.0850 e. The Morgan fingerprint density at radius 1 is 1.40 bits per heavy atom. The predicted molar refractivity (Wildman–Crippen MR) is 85.1 cm³/mol. The van der Waals surface area contributed by atoms with Crippen molar-refractivity contribution in [2.24, 2.45) is 17.6 Å². The fourth-order valence-electron chi connectivity index (χ4n) is 3.54. The Labute approximate surface area is 127 Å². The first-order valence-corrected chi connectivity index (χ1v) is 8.33. The molecule has 20 heavy (non-hydrogen) atoms. The summed E-state index contributed by atoms with van der Waals surface area (Å²) in [6.07, 6.45) is 5.33. The number of halogens is 1. The fourth-order valence-corrected chi connectivity index (χ4v) is 3.88. The lowest BCUT2D eigenvalue weighted by molar-refractivity contribution is 0.141. The van der Waals surface area contributed by atoms with Crippen LogP contribution in [0.1, 0.15) is 58.3 Å². The standard InChI is InChI=1S/C16H28ClN3/c1-5-13-15(17)14(20(6-2)19-13)10-16(18)9-7-8-11(3)12(16)4/h11-12H,5-10,18H2,1-4H3. The number of hydrogen-bond donors (Lipinski definition) is 1. The van der Waals surface area contributed by atoms with Gasteiger partial charge >= 0.3 is 0 Å². The minimum atomic E-state index is -0.140. The van der Waals surface area contributed by atoms with E-state index in [1.54, 1.807) is 0 Å². The first-order chi connectivity index (χ1) is 9.42. The number of nitrogens with two attached hydrogens (primary N) is 1. The Kier molecular flexibility index (Phi) is 4.80. The highest BCUT2D eigenvalue weighted by molar-refractivity contribution is 6.31. The lowest BCUT2D eigenvalue weighted by atomic mass is 9.67. The maximum atomic E-state index is 6.77. The van der Waals surface area contributed by atoms with E-state index in [-0.39, 0.29) is 5.54 Å². The molecule has 1 aromatic heterocycles. The van der Waals surface area contributed by atoms with Crippen LogP contribution in [0.5, 0.6) is 0 Å². The van der Waals surface area contributed by atoms with Crippen molar-refractivity contribution in [1.82, 2.24) is 9.78 Å². The third-order valence-electron chi connectivity index (χ3n) is 5.25. The fraction of sp³-hybridized carbons (Fsp3) is 0.812. The van der Waals surface area contributed by atoms with Gasteiger partial charge in [-0.05, 0) is 31.6 Å². The van der Waals surface area contributed by atoms with Crippen LogP contribution >= 0.6 is 11.6 Å². The summed E-state index contributed by atoms with van der Waals surface area (Å²) in [6.45, 7) is 9.69. The van der Waals surface area contributed by atoms with Gasteiger partial charge in [-0.1, -0.05) is 45.2 Å². The molecular weight excluding hydrogens is 270 g/mol. The molecule has 0 aromatic carbocycles. The zero-order valence-electron chi connectivity index (χ0n) is 13.2. The van der Waals surface area contributed by atoms with Gasteiger partial charge < -0.3 is 5.73 Å². The average molecular weight is 298 g/mol. The molecule has 0 saturated heterocycles. The van der Waals surface area contributed by atoms with Gasteiger partial charge in [0.25, 0.3) is 0 Å². The summed E-state index contributed by atoms with van der Waals surface area (Å²) >= 11 is 6.53. The van der Waals surface area contributed by atoms with Crippen LogP contribution in [-0.4, -0.2) is 15.3 Å². The molecule has 4 heteroatoms. The number of hydrogen-bond acceptors (Lipinski definition) is 2. The van der Waals surface area contributed by atoms with Gasteiger partial charge in [-0.25, -0.2) is 0 Å². The largest absolute Gasteiger partial charge is 0.324 e. The van der Waals surface area contributed by atoms with E-state index in [4.69, 9.17) is 17.3 Å². The molecule has 0 radical (unpaired) electrons. The van der Waals surface area contributed by atoms with Gasteiger partial charge in [-0.15, -0.1) is 0 Å². The molecule has 3 atom stereocenters. The number of nitrogens with zero attached hydrogens (tertiary/aromatic N) is 2. The van der Waals surface area contributed by atoms with Crippen molar-refractivity contribution in [2.75, 3.05) is 0 Å². The molecule has 114 valence electrons. The molecule has 3 nitrogen and oxygen atoms in total.